The molecule has 32 heavy (non-hydrogen) atoms. The normalized spacial score (nSPS) is 15.6. The number of pyridine rings is 2. The van der Waals surface area contributed by atoms with Gasteiger partial charge in [-0.3, -0.25) is 24.1 Å². The summed E-state index contributed by atoms with van der Waals surface area (Å²) in [6.07, 6.45) is 10.5. The summed E-state index contributed by atoms with van der Waals surface area (Å²) in [5.41, 5.74) is 2.40. The van der Waals surface area contributed by atoms with Crippen LogP contribution in [0.25, 0.3) is 22.6 Å². The molecule has 0 aliphatic carbocycles. The molecule has 0 aromatic carbocycles. The lowest BCUT2D eigenvalue weighted by molar-refractivity contribution is 0.0932. The van der Waals surface area contributed by atoms with Gasteiger partial charge in [-0.2, -0.15) is 0 Å². The second kappa shape index (κ2) is 8.58. The second-order valence-corrected chi connectivity index (χ2v) is 7.69. The minimum atomic E-state index is -0.383. The van der Waals surface area contributed by atoms with Crippen molar-refractivity contribution in [3.05, 3.63) is 89.2 Å². The Morgan fingerprint density at radius 3 is 2.75 bits per heavy atom. The molecule has 0 spiro atoms. The minimum Gasteiger partial charge on any atom is -0.464 e. The molecule has 1 aliphatic rings. The summed E-state index contributed by atoms with van der Waals surface area (Å²) in [5.74, 6) is 0.945. The Kier molecular flexibility index (Phi) is 5.33. The van der Waals surface area contributed by atoms with E-state index in [2.05, 4.69) is 15.3 Å². The van der Waals surface area contributed by atoms with E-state index in [-0.39, 0.29) is 17.5 Å². The first-order valence-corrected chi connectivity index (χ1v) is 10.5. The molecule has 5 rings (SSSR count). The molecule has 1 N–H and O–H groups in total. The van der Waals surface area contributed by atoms with Crippen molar-refractivity contribution in [3.63, 3.8) is 0 Å². The highest BCUT2D eigenvalue weighted by Gasteiger charge is 2.24. The van der Waals surface area contributed by atoms with Crippen LogP contribution >= 0.6 is 0 Å². The third kappa shape index (κ3) is 3.94. The van der Waals surface area contributed by atoms with Crippen molar-refractivity contribution in [3.8, 4) is 22.6 Å². The predicted octanol–water partition coefficient (Wildman–Crippen LogP) is 3.62. The molecular formula is C24H21N5O3. The van der Waals surface area contributed by atoms with Gasteiger partial charge < -0.3 is 9.73 Å². The Morgan fingerprint density at radius 1 is 1.06 bits per heavy atom. The van der Waals surface area contributed by atoms with E-state index in [0.29, 0.717) is 35.8 Å². The van der Waals surface area contributed by atoms with Crippen LogP contribution < -0.4 is 10.9 Å². The summed E-state index contributed by atoms with van der Waals surface area (Å²) in [6, 6.07) is 10.1. The van der Waals surface area contributed by atoms with Crippen molar-refractivity contribution in [2.24, 2.45) is 0 Å². The fourth-order valence-corrected chi connectivity index (χ4v) is 3.95. The van der Waals surface area contributed by atoms with Crippen LogP contribution in [0.2, 0.25) is 0 Å². The zero-order valence-corrected chi connectivity index (χ0v) is 17.3. The lowest BCUT2D eigenvalue weighted by Crippen LogP contribution is -2.34. The number of carbonyl (C=O) groups excluding carboxylic acids is 1. The minimum absolute atomic E-state index is 0.121. The van der Waals surface area contributed by atoms with Gasteiger partial charge in [0.25, 0.3) is 11.5 Å². The Hall–Kier alpha value is -4.07. The summed E-state index contributed by atoms with van der Waals surface area (Å²) < 4.78 is 7.08. The molecule has 8 nitrogen and oxygen atoms in total. The number of nitrogens with one attached hydrogen (secondary N) is 1. The quantitative estimate of drug-likeness (QED) is 0.534. The molecule has 0 fully saturated rings. The van der Waals surface area contributed by atoms with E-state index in [9.17, 15) is 9.59 Å². The molecule has 4 aromatic heterocycles. The summed E-state index contributed by atoms with van der Waals surface area (Å²) in [7, 11) is 0. The molecule has 1 amide bonds. The van der Waals surface area contributed by atoms with E-state index in [1.54, 1.807) is 47.6 Å². The molecule has 0 radical (unpaired) electrons. The highest BCUT2D eigenvalue weighted by molar-refractivity contribution is 5.95. The number of nitrogens with zero attached hydrogens (tertiary/aromatic N) is 4. The highest BCUT2D eigenvalue weighted by Crippen LogP contribution is 2.25. The molecule has 0 saturated carbocycles. The van der Waals surface area contributed by atoms with Gasteiger partial charge in [-0.05, 0) is 49.6 Å². The molecule has 1 atom stereocenters. The molecule has 160 valence electrons. The average molecular weight is 427 g/mol. The van der Waals surface area contributed by atoms with Crippen LogP contribution in [0.5, 0.6) is 0 Å². The van der Waals surface area contributed by atoms with Crippen molar-refractivity contribution >= 4 is 5.91 Å². The molecule has 5 heterocycles. The summed E-state index contributed by atoms with van der Waals surface area (Å²) in [6.45, 7) is 0.583. The Labute approximate surface area is 184 Å². The fourth-order valence-electron chi connectivity index (χ4n) is 3.95. The van der Waals surface area contributed by atoms with Gasteiger partial charge in [0, 0.05) is 48.5 Å². The first kappa shape index (κ1) is 19.9. The van der Waals surface area contributed by atoms with Crippen LogP contribution in [0.15, 0.2) is 76.7 Å². The average Bonchev–Trinajstić information content (AvgIpc) is 3.29. The van der Waals surface area contributed by atoms with Crippen molar-refractivity contribution in [1.29, 1.82) is 0 Å². The van der Waals surface area contributed by atoms with Gasteiger partial charge in [0.05, 0.1) is 23.6 Å². The first-order valence-electron chi connectivity index (χ1n) is 10.5. The number of furan rings is 1. The van der Waals surface area contributed by atoms with E-state index < -0.39 is 0 Å². The number of hydrogen-bond donors (Lipinski definition) is 1. The Balaban J connectivity index is 1.48. The van der Waals surface area contributed by atoms with Gasteiger partial charge in [-0.15, -0.1) is 0 Å². The van der Waals surface area contributed by atoms with E-state index in [0.717, 1.165) is 24.0 Å². The lowest BCUT2D eigenvalue weighted by atomic mass is 10.1. The first-order chi connectivity index (χ1) is 15.7. The topological polar surface area (TPSA) is 103 Å². The van der Waals surface area contributed by atoms with E-state index in [1.165, 1.54) is 6.20 Å². The lowest BCUT2D eigenvalue weighted by Gasteiger charge is -2.20. The summed E-state index contributed by atoms with van der Waals surface area (Å²) in [4.78, 5) is 39.0. The molecule has 8 heteroatoms. The third-order valence-corrected chi connectivity index (χ3v) is 5.56. The molecule has 0 bridgehead atoms. The van der Waals surface area contributed by atoms with Gasteiger partial charge >= 0.3 is 0 Å². The monoisotopic (exact) mass is 427 g/mol. The molecule has 1 aliphatic heterocycles. The van der Waals surface area contributed by atoms with Crippen LogP contribution in [0.3, 0.4) is 0 Å². The number of rotatable bonds is 4. The third-order valence-electron chi connectivity index (χ3n) is 5.56. The zero-order chi connectivity index (χ0) is 21.9. The number of hydrogen-bond acceptors (Lipinski definition) is 6. The Bertz CT molecular complexity index is 1300. The largest absolute Gasteiger partial charge is 0.464 e. The van der Waals surface area contributed by atoms with Crippen LogP contribution in [0, 0.1) is 0 Å². The zero-order valence-electron chi connectivity index (χ0n) is 17.3. The summed E-state index contributed by atoms with van der Waals surface area (Å²) in [5, 5.41) is 3.07. The fraction of sp³-hybridized carbons (Fsp3) is 0.208. The second-order valence-electron chi connectivity index (χ2n) is 7.69. The Morgan fingerprint density at radius 2 is 1.94 bits per heavy atom. The van der Waals surface area contributed by atoms with Gasteiger partial charge in [0.2, 0.25) is 0 Å². The van der Waals surface area contributed by atoms with Gasteiger partial charge in [-0.25, -0.2) is 4.98 Å². The van der Waals surface area contributed by atoms with Crippen LogP contribution in [-0.4, -0.2) is 25.4 Å². The molecule has 4 aromatic rings. The molecule has 1 unspecified atom stereocenters. The van der Waals surface area contributed by atoms with Crippen molar-refractivity contribution in [2.75, 3.05) is 0 Å². The van der Waals surface area contributed by atoms with E-state index in [1.807, 2.05) is 18.2 Å². The van der Waals surface area contributed by atoms with Gasteiger partial charge in [-0.1, -0.05) is 0 Å². The SMILES string of the molecule is O=C(NC1CCCCn2c1nc(-c1ccncc1)cc2=O)c1cncc(-c2ccco2)c1. The maximum atomic E-state index is 13.1. The van der Waals surface area contributed by atoms with Crippen LogP contribution in [-0.2, 0) is 6.54 Å². The standard InChI is InChI=1S/C24H21N5O3/c30-22-13-20(16-6-8-25-9-7-16)27-23-19(4-1-2-10-29(22)23)28-24(31)18-12-17(14-26-15-18)21-5-3-11-32-21/h3,5-9,11-15,19H,1-2,4,10H2,(H,28,31). The number of amides is 1. The van der Waals surface area contributed by atoms with Crippen molar-refractivity contribution in [1.82, 2.24) is 24.8 Å². The number of aromatic nitrogens is 4. The van der Waals surface area contributed by atoms with Crippen LogP contribution in [0.1, 0.15) is 41.5 Å². The van der Waals surface area contributed by atoms with Gasteiger partial charge in [0.15, 0.2) is 0 Å². The number of fused-ring (bicyclic) bond motifs is 1. The van der Waals surface area contributed by atoms with Gasteiger partial charge in [0.1, 0.15) is 11.6 Å². The van der Waals surface area contributed by atoms with Crippen LogP contribution in [0.4, 0.5) is 0 Å². The van der Waals surface area contributed by atoms with E-state index in [4.69, 9.17) is 9.40 Å². The van der Waals surface area contributed by atoms with E-state index >= 15 is 0 Å². The molecule has 0 saturated heterocycles. The van der Waals surface area contributed by atoms with Crippen molar-refractivity contribution in [2.45, 2.75) is 31.8 Å². The highest BCUT2D eigenvalue weighted by atomic mass is 16.3. The smallest absolute Gasteiger partial charge is 0.254 e. The predicted molar refractivity (Wildman–Crippen MR) is 118 cm³/mol. The molecular weight excluding hydrogens is 406 g/mol. The summed E-state index contributed by atoms with van der Waals surface area (Å²) >= 11 is 0. The number of carbonyl (C=O) groups is 1. The van der Waals surface area contributed by atoms with Crippen molar-refractivity contribution < 1.29 is 9.21 Å². The maximum Gasteiger partial charge on any atom is 0.254 e. The maximum absolute atomic E-state index is 13.1.